The number of ether oxygens (including phenoxy) is 1. The molecule has 20 heavy (non-hydrogen) atoms. The molecule has 0 saturated heterocycles. The molecule has 0 fully saturated rings. The highest BCUT2D eigenvalue weighted by atomic mass is 35.5. The Balaban J connectivity index is 2.23. The average molecular weight is 323 g/mol. The molecule has 3 nitrogen and oxygen atoms in total. The summed E-state index contributed by atoms with van der Waals surface area (Å²) in [5.74, 6) is 0.197. The van der Waals surface area contributed by atoms with Crippen LogP contribution in [-0.4, -0.2) is 9.97 Å². The second-order valence-corrected chi connectivity index (χ2v) is 4.49. The van der Waals surface area contributed by atoms with Crippen LogP contribution in [0.5, 0.6) is 5.75 Å². The first-order valence-corrected chi connectivity index (χ1v) is 6.08. The summed E-state index contributed by atoms with van der Waals surface area (Å²) in [7, 11) is 0. The molecule has 0 amide bonds. The standard InChI is InChI=1S/C12H7Cl2F3N2O/c13-10-3-1-2-9(12(15,16)17)8(10)6-20-7-4-18-11(14)19-5-7/h1-5H,6H2. The zero-order valence-electron chi connectivity index (χ0n) is 9.79. The van der Waals surface area contributed by atoms with Gasteiger partial charge in [-0.05, 0) is 23.7 Å². The number of aromatic nitrogens is 2. The van der Waals surface area contributed by atoms with E-state index < -0.39 is 11.7 Å². The van der Waals surface area contributed by atoms with Crippen LogP contribution < -0.4 is 4.74 Å². The van der Waals surface area contributed by atoms with E-state index in [1.807, 2.05) is 0 Å². The summed E-state index contributed by atoms with van der Waals surface area (Å²) in [6.07, 6.45) is -1.97. The summed E-state index contributed by atoms with van der Waals surface area (Å²) in [6.45, 7) is -0.348. The highest BCUT2D eigenvalue weighted by Gasteiger charge is 2.34. The van der Waals surface area contributed by atoms with Gasteiger partial charge in [0, 0.05) is 10.6 Å². The molecule has 1 aromatic heterocycles. The van der Waals surface area contributed by atoms with E-state index in [4.69, 9.17) is 27.9 Å². The van der Waals surface area contributed by atoms with E-state index in [0.29, 0.717) is 0 Å². The van der Waals surface area contributed by atoms with E-state index in [-0.39, 0.29) is 28.2 Å². The molecular weight excluding hydrogens is 316 g/mol. The fourth-order valence-electron chi connectivity index (χ4n) is 1.50. The minimum atomic E-state index is -4.50. The van der Waals surface area contributed by atoms with Crippen molar-refractivity contribution in [2.75, 3.05) is 0 Å². The minimum absolute atomic E-state index is 0.0188. The predicted octanol–water partition coefficient (Wildman–Crippen LogP) is 4.38. The maximum absolute atomic E-state index is 12.9. The zero-order chi connectivity index (χ0) is 14.8. The van der Waals surface area contributed by atoms with Gasteiger partial charge in [0.25, 0.3) is 0 Å². The van der Waals surface area contributed by atoms with E-state index in [1.165, 1.54) is 24.5 Å². The van der Waals surface area contributed by atoms with Crippen molar-refractivity contribution in [2.45, 2.75) is 12.8 Å². The smallest absolute Gasteiger partial charge is 0.416 e. The predicted molar refractivity (Wildman–Crippen MR) is 67.8 cm³/mol. The fourth-order valence-corrected chi connectivity index (χ4v) is 1.83. The molecule has 1 aromatic carbocycles. The first-order chi connectivity index (χ1) is 9.38. The molecule has 8 heteroatoms. The molecule has 0 aliphatic carbocycles. The molecule has 0 unspecified atom stereocenters. The third-order valence-corrected chi connectivity index (χ3v) is 2.95. The van der Waals surface area contributed by atoms with Crippen LogP contribution in [0.2, 0.25) is 10.3 Å². The van der Waals surface area contributed by atoms with Crippen molar-refractivity contribution in [1.82, 2.24) is 9.97 Å². The molecule has 2 rings (SSSR count). The summed E-state index contributed by atoms with van der Waals surface area (Å²) >= 11 is 11.3. The molecule has 0 atom stereocenters. The Kier molecular flexibility index (Phi) is 4.35. The summed E-state index contributed by atoms with van der Waals surface area (Å²) in [5.41, 5.74) is -0.975. The van der Waals surface area contributed by atoms with Crippen LogP contribution in [0, 0.1) is 0 Å². The molecule has 0 aliphatic heterocycles. The van der Waals surface area contributed by atoms with E-state index in [2.05, 4.69) is 9.97 Å². The second kappa shape index (κ2) is 5.85. The Labute approximate surface area is 122 Å². The van der Waals surface area contributed by atoms with E-state index >= 15 is 0 Å². The lowest BCUT2D eigenvalue weighted by molar-refractivity contribution is -0.138. The summed E-state index contributed by atoms with van der Waals surface area (Å²) in [5, 5.41) is 0.000723. The van der Waals surface area contributed by atoms with Gasteiger partial charge in [-0.2, -0.15) is 13.2 Å². The quantitative estimate of drug-likeness (QED) is 0.786. The Morgan fingerprint density at radius 3 is 2.35 bits per heavy atom. The number of hydrogen-bond acceptors (Lipinski definition) is 3. The average Bonchev–Trinajstić information content (AvgIpc) is 2.38. The molecular formula is C12H7Cl2F3N2O. The van der Waals surface area contributed by atoms with Gasteiger partial charge in [0.1, 0.15) is 6.61 Å². The van der Waals surface area contributed by atoms with Gasteiger partial charge in [-0.3, -0.25) is 0 Å². The summed E-state index contributed by atoms with van der Waals surface area (Å²) in [6, 6.07) is 3.55. The Bertz CT molecular complexity index is 603. The van der Waals surface area contributed by atoms with Gasteiger partial charge in [-0.15, -0.1) is 0 Å². The van der Waals surface area contributed by atoms with Crippen molar-refractivity contribution in [3.05, 3.63) is 52.0 Å². The monoisotopic (exact) mass is 322 g/mol. The Morgan fingerprint density at radius 1 is 1.10 bits per heavy atom. The molecule has 0 N–H and O–H groups in total. The van der Waals surface area contributed by atoms with Crippen LogP contribution in [0.1, 0.15) is 11.1 Å². The third-order valence-electron chi connectivity index (χ3n) is 2.40. The van der Waals surface area contributed by atoms with E-state index in [9.17, 15) is 13.2 Å². The lowest BCUT2D eigenvalue weighted by atomic mass is 10.1. The van der Waals surface area contributed by atoms with Crippen molar-refractivity contribution in [3.8, 4) is 5.75 Å². The van der Waals surface area contributed by atoms with Gasteiger partial charge < -0.3 is 4.74 Å². The Hall–Kier alpha value is -1.53. The van der Waals surface area contributed by atoms with Crippen molar-refractivity contribution in [2.24, 2.45) is 0 Å². The molecule has 0 saturated carbocycles. The topological polar surface area (TPSA) is 35.0 Å². The maximum atomic E-state index is 12.9. The van der Waals surface area contributed by atoms with E-state index in [1.54, 1.807) is 0 Å². The molecule has 0 radical (unpaired) electrons. The Morgan fingerprint density at radius 2 is 1.75 bits per heavy atom. The molecule has 106 valence electrons. The number of alkyl halides is 3. The number of rotatable bonds is 3. The van der Waals surface area contributed by atoms with Gasteiger partial charge in [0.15, 0.2) is 5.75 Å². The van der Waals surface area contributed by atoms with Gasteiger partial charge >= 0.3 is 6.18 Å². The second-order valence-electron chi connectivity index (χ2n) is 3.74. The largest absolute Gasteiger partial charge is 0.486 e. The SMILES string of the molecule is FC(F)(F)c1cccc(Cl)c1COc1cnc(Cl)nc1. The van der Waals surface area contributed by atoms with Crippen molar-refractivity contribution in [3.63, 3.8) is 0 Å². The highest BCUT2D eigenvalue weighted by Crippen LogP contribution is 2.35. The van der Waals surface area contributed by atoms with Crippen LogP contribution >= 0.6 is 23.2 Å². The lowest BCUT2D eigenvalue weighted by Gasteiger charge is -2.14. The number of nitrogens with zero attached hydrogens (tertiary/aromatic N) is 2. The van der Waals surface area contributed by atoms with Crippen molar-refractivity contribution < 1.29 is 17.9 Å². The summed E-state index contributed by atoms with van der Waals surface area (Å²) in [4.78, 5) is 7.32. The van der Waals surface area contributed by atoms with Gasteiger partial charge in [-0.25, -0.2) is 9.97 Å². The number of benzene rings is 1. The first kappa shape index (κ1) is 14.9. The maximum Gasteiger partial charge on any atom is 0.416 e. The minimum Gasteiger partial charge on any atom is -0.486 e. The van der Waals surface area contributed by atoms with Crippen LogP contribution in [0.15, 0.2) is 30.6 Å². The van der Waals surface area contributed by atoms with Crippen LogP contribution in [0.25, 0.3) is 0 Å². The number of halogens is 5. The summed E-state index contributed by atoms with van der Waals surface area (Å²) < 4.78 is 43.7. The number of hydrogen-bond donors (Lipinski definition) is 0. The van der Waals surface area contributed by atoms with Crippen LogP contribution in [0.3, 0.4) is 0 Å². The molecule has 0 spiro atoms. The van der Waals surface area contributed by atoms with Crippen molar-refractivity contribution in [1.29, 1.82) is 0 Å². The molecule has 0 aliphatic rings. The normalized spacial score (nSPS) is 11.4. The van der Waals surface area contributed by atoms with Crippen LogP contribution in [-0.2, 0) is 12.8 Å². The van der Waals surface area contributed by atoms with E-state index in [0.717, 1.165) is 6.07 Å². The fraction of sp³-hybridized carbons (Fsp3) is 0.167. The van der Waals surface area contributed by atoms with Crippen molar-refractivity contribution >= 4 is 23.2 Å². The molecule has 2 aromatic rings. The first-order valence-electron chi connectivity index (χ1n) is 5.33. The van der Waals surface area contributed by atoms with Gasteiger partial charge in [-0.1, -0.05) is 17.7 Å². The highest BCUT2D eigenvalue weighted by molar-refractivity contribution is 6.31. The van der Waals surface area contributed by atoms with Gasteiger partial charge in [0.05, 0.1) is 18.0 Å². The van der Waals surface area contributed by atoms with Crippen LogP contribution in [0.4, 0.5) is 13.2 Å². The third kappa shape index (κ3) is 3.52. The molecule has 0 bridgehead atoms. The zero-order valence-corrected chi connectivity index (χ0v) is 11.3. The lowest BCUT2D eigenvalue weighted by Crippen LogP contribution is -2.11. The van der Waals surface area contributed by atoms with Gasteiger partial charge in [0.2, 0.25) is 5.28 Å². The molecule has 1 heterocycles.